The maximum absolute atomic E-state index is 11.9. The number of nitrogens with zero attached hydrogens (tertiary/aromatic N) is 2. The maximum atomic E-state index is 11.9. The topological polar surface area (TPSA) is 68.8 Å². The van der Waals surface area contributed by atoms with Crippen LogP contribution < -0.4 is 20.9 Å². The molecule has 0 aliphatic rings. The third kappa shape index (κ3) is 9.91. The molecule has 26 heavy (non-hydrogen) atoms. The first-order valence-electron chi connectivity index (χ1n) is 9.41. The molecule has 6 nitrogen and oxygen atoms in total. The molecule has 3 N–H and O–H groups in total. The van der Waals surface area contributed by atoms with Gasteiger partial charge in [-0.25, -0.2) is 4.99 Å². The molecule has 0 unspecified atom stereocenters. The minimum Gasteiger partial charge on any atom is -0.375 e. The van der Waals surface area contributed by atoms with Crippen molar-refractivity contribution >= 4 is 17.6 Å². The van der Waals surface area contributed by atoms with Gasteiger partial charge < -0.3 is 20.9 Å². The molecule has 1 amide bonds. The lowest BCUT2D eigenvalue weighted by atomic mass is 10.1. The molecule has 0 aliphatic carbocycles. The molecule has 0 saturated heterocycles. The summed E-state index contributed by atoms with van der Waals surface area (Å²) in [7, 11) is 2.11. The van der Waals surface area contributed by atoms with Crippen molar-refractivity contribution in [2.45, 2.75) is 46.1 Å². The van der Waals surface area contributed by atoms with Crippen molar-refractivity contribution < 1.29 is 4.79 Å². The Bertz CT molecular complexity index is 551. The van der Waals surface area contributed by atoms with Gasteiger partial charge >= 0.3 is 0 Å². The first-order chi connectivity index (χ1) is 12.3. The molecular weight excluding hydrogens is 326 g/mol. The van der Waals surface area contributed by atoms with Crippen molar-refractivity contribution in [3.63, 3.8) is 0 Å². The Balaban J connectivity index is 2.30. The van der Waals surface area contributed by atoms with Gasteiger partial charge in [0.25, 0.3) is 0 Å². The van der Waals surface area contributed by atoms with Gasteiger partial charge in [0.2, 0.25) is 5.91 Å². The van der Waals surface area contributed by atoms with Crippen LogP contribution in [0.25, 0.3) is 0 Å². The molecule has 0 bridgehead atoms. The number of aliphatic imine (C=N–C) groups is 1. The van der Waals surface area contributed by atoms with E-state index in [-0.39, 0.29) is 18.0 Å². The minimum atomic E-state index is -0.233. The van der Waals surface area contributed by atoms with Gasteiger partial charge in [0.1, 0.15) is 6.54 Å². The van der Waals surface area contributed by atoms with Crippen molar-refractivity contribution in [2.75, 3.05) is 38.1 Å². The Morgan fingerprint density at radius 3 is 2.42 bits per heavy atom. The third-order valence-electron chi connectivity index (χ3n) is 3.65. The van der Waals surface area contributed by atoms with Crippen molar-refractivity contribution in [2.24, 2.45) is 4.99 Å². The normalized spacial score (nSPS) is 11.8. The van der Waals surface area contributed by atoms with E-state index in [1.54, 1.807) is 0 Å². The predicted molar refractivity (Wildman–Crippen MR) is 111 cm³/mol. The van der Waals surface area contributed by atoms with Gasteiger partial charge in [-0.2, -0.15) is 0 Å². The van der Waals surface area contributed by atoms with Gasteiger partial charge in [-0.3, -0.25) is 4.79 Å². The molecule has 0 fully saturated rings. The summed E-state index contributed by atoms with van der Waals surface area (Å²) >= 11 is 0. The number of hydrogen-bond acceptors (Lipinski definition) is 3. The molecular formula is C20H35N5O. The number of rotatable bonds is 9. The number of guanidine groups is 1. The van der Waals surface area contributed by atoms with Crippen LogP contribution in [-0.4, -0.2) is 50.6 Å². The van der Waals surface area contributed by atoms with Crippen LogP contribution in [0.5, 0.6) is 0 Å². The largest absolute Gasteiger partial charge is 0.375 e. The van der Waals surface area contributed by atoms with Crippen molar-refractivity contribution in [3.8, 4) is 0 Å². The molecule has 0 saturated carbocycles. The van der Waals surface area contributed by atoms with Gasteiger partial charge in [-0.05, 0) is 52.7 Å². The van der Waals surface area contributed by atoms with E-state index >= 15 is 0 Å². The number of para-hydroxylation sites is 1. The molecule has 0 aromatic heterocycles. The van der Waals surface area contributed by atoms with Crippen molar-refractivity contribution in [1.82, 2.24) is 16.0 Å². The average Bonchev–Trinajstić information content (AvgIpc) is 2.58. The van der Waals surface area contributed by atoms with E-state index in [0.29, 0.717) is 5.96 Å². The van der Waals surface area contributed by atoms with Crippen LogP contribution in [0.2, 0.25) is 0 Å². The van der Waals surface area contributed by atoms with Gasteiger partial charge in [-0.15, -0.1) is 0 Å². The number of unbranched alkanes of at least 4 members (excludes halogenated alkanes) is 1. The fraction of sp³-hybridized carbons (Fsp3) is 0.600. The van der Waals surface area contributed by atoms with Gasteiger partial charge in [0, 0.05) is 37.9 Å². The zero-order valence-corrected chi connectivity index (χ0v) is 16.9. The Morgan fingerprint density at radius 1 is 1.12 bits per heavy atom. The van der Waals surface area contributed by atoms with Crippen LogP contribution in [0.3, 0.4) is 0 Å². The predicted octanol–water partition coefficient (Wildman–Crippen LogP) is 2.37. The summed E-state index contributed by atoms with van der Waals surface area (Å²) in [6, 6.07) is 10.4. The Hall–Kier alpha value is -2.24. The summed E-state index contributed by atoms with van der Waals surface area (Å²) in [6.07, 6.45) is 2.12. The molecule has 1 aromatic carbocycles. The summed E-state index contributed by atoms with van der Waals surface area (Å²) < 4.78 is 0. The quantitative estimate of drug-likeness (QED) is 0.359. The van der Waals surface area contributed by atoms with E-state index in [9.17, 15) is 4.79 Å². The summed E-state index contributed by atoms with van der Waals surface area (Å²) in [5.74, 6) is 0.618. The van der Waals surface area contributed by atoms with Crippen LogP contribution in [0.15, 0.2) is 35.3 Å². The first-order valence-corrected chi connectivity index (χ1v) is 9.41. The first kappa shape index (κ1) is 21.8. The second-order valence-electron chi connectivity index (χ2n) is 7.38. The standard InChI is InChI=1S/C20H35N5O/c1-6-21-19(23-16-18(26)24-20(2,3)4)22-14-10-11-15-25(5)17-12-8-7-9-13-17/h7-9,12-13H,6,10-11,14-16H2,1-5H3,(H,24,26)(H2,21,22,23). The monoisotopic (exact) mass is 361 g/mol. The maximum Gasteiger partial charge on any atom is 0.242 e. The van der Waals surface area contributed by atoms with Crippen LogP contribution in [-0.2, 0) is 4.79 Å². The fourth-order valence-electron chi connectivity index (χ4n) is 2.44. The van der Waals surface area contributed by atoms with Crippen LogP contribution in [0, 0.1) is 0 Å². The van der Waals surface area contributed by atoms with E-state index in [1.165, 1.54) is 5.69 Å². The lowest BCUT2D eigenvalue weighted by Gasteiger charge is -2.20. The number of hydrogen-bond donors (Lipinski definition) is 3. The zero-order chi connectivity index (χ0) is 19.4. The highest BCUT2D eigenvalue weighted by molar-refractivity contribution is 5.85. The van der Waals surface area contributed by atoms with Crippen LogP contribution in [0.1, 0.15) is 40.5 Å². The lowest BCUT2D eigenvalue weighted by molar-refractivity contribution is -0.121. The molecule has 1 aromatic rings. The average molecular weight is 362 g/mol. The second-order valence-corrected chi connectivity index (χ2v) is 7.38. The van der Waals surface area contributed by atoms with Gasteiger partial charge in [0.15, 0.2) is 5.96 Å². The Kier molecular flexibility index (Phi) is 9.55. The van der Waals surface area contributed by atoms with E-state index in [1.807, 2.05) is 33.8 Å². The second kappa shape index (κ2) is 11.4. The summed E-state index contributed by atoms with van der Waals surface area (Å²) in [6.45, 7) is 10.6. The minimum absolute atomic E-state index is 0.0702. The number of anilines is 1. The fourth-order valence-corrected chi connectivity index (χ4v) is 2.44. The number of carbonyl (C=O) groups is 1. The van der Waals surface area contributed by atoms with E-state index < -0.39 is 0 Å². The van der Waals surface area contributed by atoms with Crippen LogP contribution in [0.4, 0.5) is 5.69 Å². The number of nitrogens with one attached hydrogen (secondary N) is 3. The Labute approximate surface area is 158 Å². The van der Waals surface area contributed by atoms with E-state index in [0.717, 1.165) is 32.5 Å². The summed E-state index contributed by atoms with van der Waals surface area (Å²) in [5.41, 5.74) is 1.00. The molecule has 1 rings (SSSR count). The number of amides is 1. The van der Waals surface area contributed by atoms with Crippen molar-refractivity contribution in [3.05, 3.63) is 30.3 Å². The third-order valence-corrected chi connectivity index (χ3v) is 3.65. The SMILES string of the molecule is CCNC(=NCC(=O)NC(C)(C)C)NCCCCN(C)c1ccccc1. The van der Waals surface area contributed by atoms with E-state index in [4.69, 9.17) is 0 Å². The highest BCUT2D eigenvalue weighted by atomic mass is 16.2. The molecule has 6 heteroatoms. The molecule has 146 valence electrons. The highest BCUT2D eigenvalue weighted by Crippen LogP contribution is 2.11. The zero-order valence-electron chi connectivity index (χ0n) is 16.9. The summed E-state index contributed by atoms with van der Waals surface area (Å²) in [4.78, 5) is 18.5. The number of benzene rings is 1. The van der Waals surface area contributed by atoms with E-state index in [2.05, 4.69) is 57.2 Å². The van der Waals surface area contributed by atoms with Gasteiger partial charge in [-0.1, -0.05) is 18.2 Å². The summed E-state index contributed by atoms with van der Waals surface area (Å²) in [5, 5.41) is 9.38. The highest BCUT2D eigenvalue weighted by Gasteiger charge is 2.13. The van der Waals surface area contributed by atoms with Gasteiger partial charge in [0.05, 0.1) is 0 Å². The van der Waals surface area contributed by atoms with Crippen LogP contribution >= 0.6 is 0 Å². The Morgan fingerprint density at radius 2 is 1.81 bits per heavy atom. The molecule has 0 radical (unpaired) electrons. The molecule has 0 aliphatic heterocycles. The smallest absolute Gasteiger partial charge is 0.242 e. The lowest BCUT2D eigenvalue weighted by Crippen LogP contribution is -2.43. The molecule has 0 heterocycles. The number of carbonyl (C=O) groups excluding carboxylic acids is 1. The van der Waals surface area contributed by atoms with Crippen molar-refractivity contribution in [1.29, 1.82) is 0 Å². The molecule has 0 spiro atoms. The molecule has 0 atom stereocenters.